The normalized spacial score (nSPS) is 10.3. The van der Waals surface area contributed by atoms with E-state index in [-0.39, 0.29) is 6.54 Å². The summed E-state index contributed by atoms with van der Waals surface area (Å²) in [6.45, 7) is 0.586. The molecule has 1 aromatic rings. The number of nitrogens with one attached hydrogen (secondary N) is 1. The maximum atomic E-state index is 13.6. The zero-order chi connectivity index (χ0) is 14.4. The van der Waals surface area contributed by atoms with Gasteiger partial charge >= 0.3 is 5.69 Å². The summed E-state index contributed by atoms with van der Waals surface area (Å²) in [6.07, 6.45) is 0.487. The van der Waals surface area contributed by atoms with Crippen LogP contribution in [0.3, 0.4) is 0 Å². The average molecular weight is 274 g/mol. The Morgan fingerprint density at radius 2 is 2.16 bits per heavy atom. The minimum absolute atomic E-state index is 0.191. The topological polar surface area (TPSA) is 81.5 Å². The first kappa shape index (κ1) is 15.0. The van der Waals surface area contributed by atoms with Gasteiger partial charge in [0, 0.05) is 20.3 Å². The fourth-order valence-corrected chi connectivity index (χ4v) is 1.39. The van der Waals surface area contributed by atoms with E-state index in [4.69, 9.17) is 4.74 Å². The second-order valence-corrected chi connectivity index (χ2v) is 3.65. The lowest BCUT2D eigenvalue weighted by Gasteiger charge is -2.06. The molecule has 8 heteroatoms. The maximum absolute atomic E-state index is 13.6. The van der Waals surface area contributed by atoms with E-state index in [1.54, 1.807) is 0 Å². The van der Waals surface area contributed by atoms with Gasteiger partial charge in [-0.05, 0) is 12.5 Å². The number of nitrogens with zero attached hydrogens (tertiary/aromatic N) is 1. The molecule has 0 fully saturated rings. The van der Waals surface area contributed by atoms with Crippen molar-refractivity contribution in [2.45, 2.75) is 6.42 Å². The Morgan fingerprint density at radius 1 is 1.47 bits per heavy atom. The smallest absolute Gasteiger partial charge is 0.308 e. The largest absolute Gasteiger partial charge is 0.385 e. The number of hydrogen-bond acceptors (Lipinski definition) is 4. The van der Waals surface area contributed by atoms with Crippen LogP contribution < -0.4 is 5.32 Å². The van der Waals surface area contributed by atoms with Gasteiger partial charge in [-0.3, -0.25) is 14.9 Å². The Bertz CT molecular complexity index is 494. The molecule has 1 N–H and O–H groups in total. The van der Waals surface area contributed by atoms with Crippen molar-refractivity contribution < 1.29 is 23.2 Å². The van der Waals surface area contributed by atoms with Crippen LogP contribution in [-0.2, 0) is 4.74 Å². The van der Waals surface area contributed by atoms with Crippen LogP contribution in [-0.4, -0.2) is 31.1 Å². The van der Waals surface area contributed by atoms with Gasteiger partial charge in [0.2, 0.25) is 5.82 Å². The third-order valence-electron chi connectivity index (χ3n) is 2.27. The minimum atomic E-state index is -1.35. The first-order chi connectivity index (χ1) is 8.97. The van der Waals surface area contributed by atoms with E-state index < -0.39 is 33.7 Å². The zero-order valence-electron chi connectivity index (χ0n) is 10.1. The van der Waals surface area contributed by atoms with Gasteiger partial charge < -0.3 is 10.1 Å². The van der Waals surface area contributed by atoms with Crippen LogP contribution in [0.4, 0.5) is 14.5 Å². The van der Waals surface area contributed by atoms with Gasteiger partial charge in [-0.2, -0.15) is 4.39 Å². The lowest BCUT2D eigenvalue weighted by Crippen LogP contribution is -2.26. The van der Waals surface area contributed by atoms with Crippen molar-refractivity contribution in [2.24, 2.45) is 0 Å². The van der Waals surface area contributed by atoms with Gasteiger partial charge in [-0.1, -0.05) is 0 Å². The van der Waals surface area contributed by atoms with Crippen molar-refractivity contribution in [3.63, 3.8) is 0 Å². The summed E-state index contributed by atoms with van der Waals surface area (Å²) in [5, 5.41) is 12.8. The number of nitro benzene ring substituents is 1. The van der Waals surface area contributed by atoms with Crippen LogP contribution in [0.2, 0.25) is 0 Å². The molecule has 104 valence electrons. The SMILES string of the molecule is COCCCNC(=O)c1cc(F)cc([N+](=O)[O-])c1F. The average Bonchev–Trinajstić information content (AvgIpc) is 2.36. The molecule has 1 amide bonds. The Labute approximate surface area is 107 Å². The molecule has 0 atom stereocenters. The standard InChI is InChI=1S/C11H12F2N2O4/c1-19-4-2-3-14-11(16)8-5-7(12)6-9(10(8)13)15(17)18/h5-6H,2-4H2,1H3,(H,14,16). The van der Waals surface area contributed by atoms with E-state index in [0.29, 0.717) is 25.2 Å². The molecular weight excluding hydrogens is 262 g/mol. The third-order valence-corrected chi connectivity index (χ3v) is 2.27. The molecule has 0 aromatic heterocycles. The molecule has 1 rings (SSSR count). The summed E-state index contributed by atoms with van der Waals surface area (Å²) in [7, 11) is 1.48. The fraction of sp³-hybridized carbons (Fsp3) is 0.364. The van der Waals surface area contributed by atoms with Crippen molar-refractivity contribution in [2.75, 3.05) is 20.3 Å². The number of carbonyl (C=O) groups is 1. The molecule has 0 aliphatic rings. The lowest BCUT2D eigenvalue weighted by molar-refractivity contribution is -0.387. The van der Waals surface area contributed by atoms with Gasteiger partial charge in [0.15, 0.2) is 0 Å². The summed E-state index contributed by atoms with van der Waals surface area (Å²) >= 11 is 0. The highest BCUT2D eigenvalue weighted by molar-refractivity contribution is 5.95. The van der Waals surface area contributed by atoms with Crippen LogP contribution in [0.5, 0.6) is 0 Å². The van der Waals surface area contributed by atoms with Crippen molar-refractivity contribution in [3.8, 4) is 0 Å². The van der Waals surface area contributed by atoms with Gasteiger partial charge in [0.05, 0.1) is 16.6 Å². The molecule has 0 spiro atoms. The molecule has 0 bridgehead atoms. The zero-order valence-corrected chi connectivity index (χ0v) is 10.1. The molecule has 0 heterocycles. The second-order valence-electron chi connectivity index (χ2n) is 3.65. The number of hydrogen-bond donors (Lipinski definition) is 1. The third kappa shape index (κ3) is 3.95. The number of amides is 1. The van der Waals surface area contributed by atoms with Crippen LogP contribution >= 0.6 is 0 Å². The Morgan fingerprint density at radius 3 is 2.74 bits per heavy atom. The summed E-state index contributed by atoms with van der Waals surface area (Å²) in [4.78, 5) is 21.0. The predicted octanol–water partition coefficient (Wildman–Crippen LogP) is 1.64. The van der Waals surface area contributed by atoms with Gasteiger partial charge in [-0.15, -0.1) is 0 Å². The first-order valence-corrected chi connectivity index (χ1v) is 5.38. The number of nitro groups is 1. The number of carbonyl (C=O) groups excluding carboxylic acids is 1. The van der Waals surface area contributed by atoms with Gasteiger partial charge in [-0.25, -0.2) is 4.39 Å². The molecule has 1 aromatic carbocycles. The molecule has 6 nitrogen and oxygen atoms in total. The highest BCUT2D eigenvalue weighted by Gasteiger charge is 2.23. The molecule has 0 aliphatic heterocycles. The van der Waals surface area contributed by atoms with E-state index in [2.05, 4.69) is 5.32 Å². The fourth-order valence-electron chi connectivity index (χ4n) is 1.39. The van der Waals surface area contributed by atoms with E-state index in [0.717, 1.165) is 0 Å². The number of benzene rings is 1. The van der Waals surface area contributed by atoms with Gasteiger partial charge in [0.1, 0.15) is 5.82 Å². The van der Waals surface area contributed by atoms with Crippen LogP contribution in [0.25, 0.3) is 0 Å². The van der Waals surface area contributed by atoms with Crippen LogP contribution in [0.15, 0.2) is 12.1 Å². The van der Waals surface area contributed by atoms with Gasteiger partial charge in [0.25, 0.3) is 5.91 Å². The maximum Gasteiger partial charge on any atom is 0.308 e. The van der Waals surface area contributed by atoms with E-state index in [1.807, 2.05) is 0 Å². The predicted molar refractivity (Wildman–Crippen MR) is 61.8 cm³/mol. The van der Waals surface area contributed by atoms with E-state index in [9.17, 15) is 23.7 Å². The molecule has 0 saturated carbocycles. The Balaban J connectivity index is 2.88. The molecule has 0 aliphatic carbocycles. The second kappa shape index (κ2) is 6.74. The highest BCUT2D eigenvalue weighted by atomic mass is 19.1. The summed E-state index contributed by atoms with van der Waals surface area (Å²) in [5.41, 5.74) is -1.76. The summed E-state index contributed by atoms with van der Waals surface area (Å²) in [5.74, 6) is -3.30. The Hall–Kier alpha value is -2.09. The summed E-state index contributed by atoms with van der Waals surface area (Å²) < 4.78 is 31.5. The van der Waals surface area contributed by atoms with Crippen LogP contribution in [0, 0.1) is 21.7 Å². The van der Waals surface area contributed by atoms with E-state index in [1.165, 1.54) is 7.11 Å². The quantitative estimate of drug-likeness (QED) is 0.485. The number of ether oxygens (including phenoxy) is 1. The Kier molecular flexibility index (Phi) is 5.31. The van der Waals surface area contributed by atoms with E-state index >= 15 is 0 Å². The van der Waals surface area contributed by atoms with Crippen molar-refractivity contribution in [3.05, 3.63) is 39.4 Å². The van der Waals surface area contributed by atoms with Crippen molar-refractivity contribution in [1.29, 1.82) is 0 Å². The number of halogens is 2. The lowest BCUT2D eigenvalue weighted by atomic mass is 10.1. The number of methoxy groups -OCH3 is 1. The molecular formula is C11H12F2N2O4. The molecule has 19 heavy (non-hydrogen) atoms. The monoisotopic (exact) mass is 274 g/mol. The highest BCUT2D eigenvalue weighted by Crippen LogP contribution is 2.22. The number of rotatable bonds is 6. The first-order valence-electron chi connectivity index (χ1n) is 5.38. The van der Waals surface area contributed by atoms with Crippen molar-refractivity contribution >= 4 is 11.6 Å². The molecule has 0 saturated heterocycles. The molecule has 0 unspecified atom stereocenters. The summed E-state index contributed by atoms with van der Waals surface area (Å²) in [6, 6.07) is 1.05. The minimum Gasteiger partial charge on any atom is -0.385 e. The van der Waals surface area contributed by atoms with Crippen LogP contribution in [0.1, 0.15) is 16.8 Å². The molecule has 0 radical (unpaired) electrons. The van der Waals surface area contributed by atoms with Crippen molar-refractivity contribution in [1.82, 2.24) is 5.32 Å².